The number of ether oxygens (including phenoxy) is 1. The SMILES string of the molecule is C#Cc1c(F)ccc2cc(O)cc(-c3c(F)c4nc(OC[C@@]56CCCN5C[C@H](F)C6)nc(N5C6CC5CN(CCCO)C6)c4c4cc(C)oc34)c12. The molecule has 9 nitrogen and oxygen atoms in total. The molecule has 2 N–H and O–H groups in total. The summed E-state index contributed by atoms with van der Waals surface area (Å²) in [6.45, 7) is 5.53. The third-order valence-electron chi connectivity index (χ3n) is 11.5. The first kappa shape index (κ1) is 32.3. The second-order valence-electron chi connectivity index (χ2n) is 14.7. The quantitative estimate of drug-likeness (QED) is 0.187. The fraction of sp³-hybridized carbons (Fsp3) is 0.436. The summed E-state index contributed by atoms with van der Waals surface area (Å²) in [6.07, 6.45) is 8.58. The Morgan fingerprint density at radius 2 is 1.94 bits per heavy atom. The van der Waals surface area contributed by atoms with Crippen molar-refractivity contribution < 1.29 is 32.5 Å². The van der Waals surface area contributed by atoms with Gasteiger partial charge in [0.1, 0.15) is 47.0 Å². The van der Waals surface area contributed by atoms with Crippen LogP contribution in [0.3, 0.4) is 0 Å². The molecular weight excluding hydrogens is 659 g/mol. The van der Waals surface area contributed by atoms with Crippen LogP contribution in [0.15, 0.2) is 34.7 Å². The first-order valence-corrected chi connectivity index (χ1v) is 17.7. The van der Waals surface area contributed by atoms with Crippen molar-refractivity contribution in [2.75, 3.05) is 50.8 Å². The number of benzene rings is 3. The van der Waals surface area contributed by atoms with Gasteiger partial charge in [-0.3, -0.25) is 9.80 Å². The highest BCUT2D eigenvalue weighted by Gasteiger charge is 2.50. The average molecular weight is 698 g/mol. The van der Waals surface area contributed by atoms with Gasteiger partial charge in [0.25, 0.3) is 0 Å². The molecule has 2 unspecified atom stereocenters. The Bertz CT molecular complexity index is 2260. The zero-order valence-corrected chi connectivity index (χ0v) is 28.3. The van der Waals surface area contributed by atoms with E-state index in [1.807, 2.05) is 6.07 Å². The standard InChI is InChI=1S/C39H38F3N5O4/c1-3-27-30(41)7-6-22-13-26(49)15-28(31(22)27)32-34(42)35-33(29-12-21(2)51-36(29)32)37(47-24-14-25(47)19-45(18-24)9-5-11-48)44-38(43-35)50-20-39-8-4-10-46(39)17-23(40)16-39/h1,6-7,12-13,15,23-25,48-49H,4-5,8-11,14,16-20H2,2H3/t23-,24?,25?,39+/m1/s1. The molecule has 51 heavy (non-hydrogen) atoms. The van der Waals surface area contributed by atoms with Gasteiger partial charge < -0.3 is 24.3 Å². The molecule has 264 valence electrons. The van der Waals surface area contributed by atoms with Crippen molar-refractivity contribution in [2.24, 2.45) is 0 Å². The molecule has 0 amide bonds. The molecule has 4 atom stereocenters. The molecule has 2 bridgehead atoms. The second-order valence-corrected chi connectivity index (χ2v) is 14.7. The summed E-state index contributed by atoms with van der Waals surface area (Å²) in [5.74, 6) is 1.91. The maximum atomic E-state index is 17.6. The number of aliphatic hydroxyl groups excluding tert-OH is 1. The molecule has 0 aliphatic carbocycles. The van der Waals surface area contributed by atoms with Gasteiger partial charge in [-0.25, -0.2) is 13.2 Å². The summed E-state index contributed by atoms with van der Waals surface area (Å²) < 4.78 is 60.0. The number of aliphatic hydroxyl groups is 1. The number of piperidine rings is 1. The van der Waals surface area contributed by atoms with E-state index in [4.69, 9.17) is 25.5 Å². The van der Waals surface area contributed by atoms with Gasteiger partial charge >= 0.3 is 6.01 Å². The monoisotopic (exact) mass is 697 g/mol. The molecule has 6 heterocycles. The molecule has 0 spiro atoms. The highest BCUT2D eigenvalue weighted by molar-refractivity contribution is 6.18. The van der Waals surface area contributed by atoms with Crippen LogP contribution in [0.5, 0.6) is 11.8 Å². The number of halogens is 3. The number of aromatic nitrogens is 2. The van der Waals surface area contributed by atoms with Crippen LogP contribution < -0.4 is 9.64 Å². The lowest BCUT2D eigenvalue weighted by atomic mass is 9.86. The normalized spacial score (nSPS) is 24.8. The van der Waals surface area contributed by atoms with E-state index in [2.05, 4.69) is 20.6 Å². The largest absolute Gasteiger partial charge is 0.508 e. The third kappa shape index (κ3) is 5.04. The summed E-state index contributed by atoms with van der Waals surface area (Å²) in [5.41, 5.74) is -0.186. The van der Waals surface area contributed by atoms with E-state index in [0.717, 1.165) is 45.4 Å². The van der Waals surface area contributed by atoms with Crippen LogP contribution in [0.1, 0.15) is 43.4 Å². The lowest BCUT2D eigenvalue weighted by Crippen LogP contribution is -2.69. The molecule has 4 aliphatic rings. The predicted octanol–water partition coefficient (Wildman–Crippen LogP) is 6.07. The van der Waals surface area contributed by atoms with Crippen molar-refractivity contribution in [1.29, 1.82) is 0 Å². The van der Waals surface area contributed by atoms with Crippen molar-refractivity contribution >= 4 is 38.5 Å². The number of phenols is 1. The van der Waals surface area contributed by atoms with Gasteiger partial charge in [-0.2, -0.15) is 9.97 Å². The van der Waals surface area contributed by atoms with E-state index < -0.39 is 23.3 Å². The number of hydrogen-bond acceptors (Lipinski definition) is 9. The van der Waals surface area contributed by atoms with E-state index in [0.29, 0.717) is 47.1 Å². The van der Waals surface area contributed by atoms with Crippen molar-refractivity contribution in [2.45, 2.75) is 62.8 Å². The number of aryl methyl sites for hydroxylation is 1. The number of likely N-dealkylation sites (tertiary alicyclic amines) is 1. The molecule has 4 aliphatic heterocycles. The highest BCUT2D eigenvalue weighted by atomic mass is 19.1. The highest BCUT2D eigenvalue weighted by Crippen LogP contribution is 2.49. The summed E-state index contributed by atoms with van der Waals surface area (Å²) in [7, 11) is 0. The number of terminal acetylenes is 1. The Morgan fingerprint density at radius 1 is 1.12 bits per heavy atom. The summed E-state index contributed by atoms with van der Waals surface area (Å²) >= 11 is 0. The molecule has 3 aromatic carbocycles. The van der Waals surface area contributed by atoms with Crippen LogP contribution >= 0.6 is 0 Å². The van der Waals surface area contributed by atoms with E-state index in [-0.39, 0.29) is 70.2 Å². The number of phenolic OH excluding ortho intramolecular Hbond substituents is 1. The minimum Gasteiger partial charge on any atom is -0.508 e. The van der Waals surface area contributed by atoms with Gasteiger partial charge in [-0.1, -0.05) is 12.0 Å². The van der Waals surface area contributed by atoms with Gasteiger partial charge in [-0.05, 0) is 68.8 Å². The van der Waals surface area contributed by atoms with E-state index in [1.165, 1.54) is 24.3 Å². The number of anilines is 1. The van der Waals surface area contributed by atoms with E-state index >= 15 is 8.78 Å². The fourth-order valence-corrected chi connectivity index (χ4v) is 9.36. The Morgan fingerprint density at radius 3 is 2.73 bits per heavy atom. The zero-order chi connectivity index (χ0) is 35.2. The summed E-state index contributed by atoms with van der Waals surface area (Å²) in [5, 5.41) is 22.0. The second kappa shape index (κ2) is 12.0. The van der Waals surface area contributed by atoms with Gasteiger partial charge in [0, 0.05) is 67.6 Å². The topological polar surface area (TPSA) is 98.3 Å². The number of hydrogen-bond donors (Lipinski definition) is 2. The number of furan rings is 1. The van der Waals surface area contributed by atoms with Gasteiger partial charge in [0.2, 0.25) is 0 Å². The molecule has 0 saturated carbocycles. The number of aromatic hydroxyl groups is 1. The zero-order valence-electron chi connectivity index (χ0n) is 28.3. The lowest BCUT2D eigenvalue weighted by molar-refractivity contribution is 0.103. The Kier molecular flexibility index (Phi) is 7.61. The van der Waals surface area contributed by atoms with Gasteiger partial charge in [-0.15, -0.1) is 6.42 Å². The van der Waals surface area contributed by atoms with Crippen LogP contribution in [0.2, 0.25) is 0 Å². The smallest absolute Gasteiger partial charge is 0.319 e. The van der Waals surface area contributed by atoms with Gasteiger partial charge in [0.15, 0.2) is 5.82 Å². The van der Waals surface area contributed by atoms with Crippen molar-refractivity contribution in [1.82, 2.24) is 19.8 Å². The minimum atomic E-state index is -0.941. The van der Waals surface area contributed by atoms with Crippen LogP contribution in [0.25, 0.3) is 43.8 Å². The number of rotatable bonds is 8. The van der Waals surface area contributed by atoms with Crippen LogP contribution in [0, 0.1) is 30.9 Å². The molecule has 0 radical (unpaired) electrons. The minimum absolute atomic E-state index is 0.00821. The van der Waals surface area contributed by atoms with Crippen LogP contribution in [-0.4, -0.2) is 99.7 Å². The number of piperazine rings is 1. The van der Waals surface area contributed by atoms with Crippen molar-refractivity contribution in [3.8, 4) is 35.2 Å². The molecule has 4 saturated heterocycles. The Balaban J connectivity index is 1.26. The number of alkyl halides is 1. The maximum absolute atomic E-state index is 17.6. The lowest BCUT2D eigenvalue weighted by Gasteiger charge is -2.57. The number of fused-ring (bicyclic) bond motifs is 7. The Labute approximate surface area is 292 Å². The predicted molar refractivity (Wildman–Crippen MR) is 188 cm³/mol. The molecule has 4 fully saturated rings. The van der Waals surface area contributed by atoms with Gasteiger partial charge in [0.05, 0.1) is 22.1 Å². The molecule has 12 heteroatoms. The Hall–Kier alpha value is -4.57. The average Bonchev–Trinajstić information content (AvgIpc) is 3.77. The van der Waals surface area contributed by atoms with E-state index in [1.54, 1.807) is 6.92 Å². The molecule has 9 rings (SSSR count). The summed E-state index contributed by atoms with van der Waals surface area (Å²) in [6, 6.07) is 7.55. The molecular formula is C39H38F3N5O4. The van der Waals surface area contributed by atoms with Crippen molar-refractivity contribution in [3.05, 3.63) is 53.3 Å². The summed E-state index contributed by atoms with van der Waals surface area (Å²) in [4.78, 5) is 16.4. The van der Waals surface area contributed by atoms with E-state index in [9.17, 15) is 14.6 Å². The van der Waals surface area contributed by atoms with Crippen molar-refractivity contribution in [3.63, 3.8) is 0 Å². The maximum Gasteiger partial charge on any atom is 0.319 e. The fourth-order valence-electron chi connectivity index (χ4n) is 9.36. The molecule has 5 aromatic rings. The van der Waals surface area contributed by atoms with Crippen LogP contribution in [0.4, 0.5) is 19.0 Å². The van der Waals surface area contributed by atoms with Crippen LogP contribution in [-0.2, 0) is 0 Å². The first-order chi connectivity index (χ1) is 24.7. The number of nitrogens with zero attached hydrogens (tertiary/aromatic N) is 5. The third-order valence-corrected chi connectivity index (χ3v) is 11.5. The first-order valence-electron chi connectivity index (χ1n) is 17.7. The molecule has 2 aromatic heterocycles.